The third-order valence-corrected chi connectivity index (χ3v) is 4.22. The van der Waals surface area contributed by atoms with E-state index < -0.39 is 5.97 Å². The Morgan fingerprint density at radius 1 is 1.11 bits per heavy atom. The van der Waals surface area contributed by atoms with Crippen LogP contribution in [-0.4, -0.2) is 22.5 Å². The van der Waals surface area contributed by atoms with Crippen LogP contribution in [0.4, 0.5) is 17.2 Å². The molecule has 3 rings (SSSR count). The van der Waals surface area contributed by atoms with Crippen LogP contribution in [-0.2, 0) is 4.74 Å². The first-order valence-corrected chi connectivity index (χ1v) is 8.88. The van der Waals surface area contributed by atoms with Crippen LogP contribution in [0.3, 0.4) is 0 Å². The Kier molecular flexibility index (Phi) is 5.74. The summed E-state index contributed by atoms with van der Waals surface area (Å²) in [6.45, 7) is 6.08. The SMILES string of the molecule is CCOC(=O)c1ccccc1Nc1ncnc(Oc2ccc(C)c(C)c2)c1N. The van der Waals surface area contributed by atoms with Gasteiger partial charge in [0, 0.05) is 0 Å². The molecule has 3 aromatic rings. The number of carbonyl (C=O) groups excluding carboxylic acids is 1. The fourth-order valence-electron chi connectivity index (χ4n) is 2.56. The van der Waals surface area contributed by atoms with Crippen LogP contribution in [0, 0.1) is 13.8 Å². The number of aromatic nitrogens is 2. The molecule has 1 aromatic heterocycles. The lowest BCUT2D eigenvalue weighted by Gasteiger charge is -2.14. The molecule has 1 heterocycles. The molecule has 0 unspecified atom stereocenters. The summed E-state index contributed by atoms with van der Waals surface area (Å²) in [5.74, 6) is 0.774. The summed E-state index contributed by atoms with van der Waals surface area (Å²) < 4.78 is 10.9. The maximum Gasteiger partial charge on any atom is 0.340 e. The summed E-state index contributed by atoms with van der Waals surface area (Å²) >= 11 is 0. The Labute approximate surface area is 163 Å². The number of rotatable bonds is 6. The van der Waals surface area contributed by atoms with Crippen molar-refractivity contribution in [3.8, 4) is 11.6 Å². The zero-order valence-corrected chi connectivity index (χ0v) is 16.0. The van der Waals surface area contributed by atoms with Crippen molar-refractivity contribution < 1.29 is 14.3 Å². The molecule has 0 aliphatic carbocycles. The number of ether oxygens (including phenoxy) is 2. The second kappa shape index (κ2) is 8.39. The van der Waals surface area contributed by atoms with E-state index in [9.17, 15) is 4.79 Å². The van der Waals surface area contributed by atoms with Crippen LogP contribution in [0.25, 0.3) is 0 Å². The number of nitrogens with two attached hydrogens (primary N) is 1. The molecule has 0 spiro atoms. The van der Waals surface area contributed by atoms with E-state index in [2.05, 4.69) is 15.3 Å². The van der Waals surface area contributed by atoms with Crippen molar-refractivity contribution in [1.82, 2.24) is 9.97 Å². The lowest BCUT2D eigenvalue weighted by molar-refractivity contribution is 0.0527. The van der Waals surface area contributed by atoms with E-state index in [0.29, 0.717) is 22.8 Å². The topological polar surface area (TPSA) is 99.4 Å². The van der Waals surface area contributed by atoms with E-state index in [1.807, 2.05) is 32.0 Å². The number of aryl methyl sites for hydroxylation is 2. The fraction of sp³-hybridized carbons (Fsp3) is 0.190. The third-order valence-electron chi connectivity index (χ3n) is 4.22. The molecule has 0 saturated carbocycles. The predicted octanol–water partition coefficient (Wildman–Crippen LogP) is 4.39. The summed E-state index contributed by atoms with van der Waals surface area (Å²) in [7, 11) is 0. The van der Waals surface area contributed by atoms with Gasteiger partial charge in [0.25, 0.3) is 0 Å². The van der Waals surface area contributed by atoms with Crippen LogP contribution in [0.2, 0.25) is 0 Å². The molecule has 0 atom stereocenters. The van der Waals surface area contributed by atoms with Gasteiger partial charge in [-0.1, -0.05) is 18.2 Å². The van der Waals surface area contributed by atoms with Gasteiger partial charge in [0.2, 0.25) is 5.88 Å². The highest BCUT2D eigenvalue weighted by Crippen LogP contribution is 2.32. The highest BCUT2D eigenvalue weighted by molar-refractivity contribution is 5.96. The molecule has 0 bridgehead atoms. The van der Waals surface area contributed by atoms with Crippen molar-refractivity contribution in [3.05, 3.63) is 65.5 Å². The van der Waals surface area contributed by atoms with Gasteiger partial charge in [0.15, 0.2) is 5.82 Å². The lowest BCUT2D eigenvalue weighted by Crippen LogP contribution is -2.09. The minimum absolute atomic E-state index is 0.231. The van der Waals surface area contributed by atoms with E-state index in [4.69, 9.17) is 15.2 Å². The number of hydrogen-bond donors (Lipinski definition) is 2. The maximum atomic E-state index is 12.2. The normalized spacial score (nSPS) is 10.4. The summed E-state index contributed by atoms with van der Waals surface area (Å²) in [6, 6.07) is 12.7. The van der Waals surface area contributed by atoms with Crippen LogP contribution < -0.4 is 15.8 Å². The van der Waals surface area contributed by atoms with Crippen LogP contribution in [0.15, 0.2) is 48.8 Å². The van der Waals surface area contributed by atoms with Gasteiger partial charge in [-0.15, -0.1) is 0 Å². The molecule has 3 N–H and O–H groups in total. The Balaban J connectivity index is 1.88. The number of para-hydroxylation sites is 1. The molecule has 28 heavy (non-hydrogen) atoms. The minimum Gasteiger partial charge on any atom is -0.462 e. The van der Waals surface area contributed by atoms with Crippen molar-refractivity contribution in [3.63, 3.8) is 0 Å². The van der Waals surface area contributed by atoms with Gasteiger partial charge in [-0.05, 0) is 56.2 Å². The highest BCUT2D eigenvalue weighted by atomic mass is 16.5. The monoisotopic (exact) mass is 378 g/mol. The third kappa shape index (κ3) is 4.20. The maximum absolute atomic E-state index is 12.2. The summed E-state index contributed by atoms with van der Waals surface area (Å²) in [5, 5.41) is 3.07. The second-order valence-electron chi connectivity index (χ2n) is 6.18. The number of hydrogen-bond acceptors (Lipinski definition) is 7. The molecule has 0 fully saturated rings. The van der Waals surface area contributed by atoms with Crippen molar-refractivity contribution in [2.75, 3.05) is 17.7 Å². The first-order chi connectivity index (χ1) is 13.5. The number of carbonyl (C=O) groups is 1. The van der Waals surface area contributed by atoms with Gasteiger partial charge in [0.05, 0.1) is 17.9 Å². The predicted molar refractivity (Wildman–Crippen MR) is 108 cm³/mol. The quantitative estimate of drug-likeness (QED) is 0.614. The number of benzene rings is 2. The molecule has 0 saturated heterocycles. The summed E-state index contributed by atoms with van der Waals surface area (Å²) in [4.78, 5) is 20.5. The first-order valence-electron chi connectivity index (χ1n) is 8.88. The van der Waals surface area contributed by atoms with E-state index >= 15 is 0 Å². The fourth-order valence-corrected chi connectivity index (χ4v) is 2.56. The van der Waals surface area contributed by atoms with E-state index in [-0.39, 0.29) is 18.2 Å². The van der Waals surface area contributed by atoms with Crippen molar-refractivity contribution in [1.29, 1.82) is 0 Å². The summed E-state index contributed by atoms with van der Waals surface area (Å²) in [5.41, 5.74) is 9.63. The van der Waals surface area contributed by atoms with Crippen molar-refractivity contribution in [2.45, 2.75) is 20.8 Å². The standard InChI is InChI=1S/C21H22N4O3/c1-4-27-21(26)16-7-5-6-8-17(16)25-19-18(22)20(24-12-23-19)28-15-10-9-13(2)14(3)11-15/h5-12H,4,22H2,1-3H3,(H,23,24,25). The van der Waals surface area contributed by atoms with Gasteiger partial charge in [-0.3, -0.25) is 0 Å². The minimum atomic E-state index is -0.426. The number of esters is 1. The van der Waals surface area contributed by atoms with Crippen LogP contribution in [0.1, 0.15) is 28.4 Å². The number of nitrogens with zero attached hydrogens (tertiary/aromatic N) is 2. The van der Waals surface area contributed by atoms with Gasteiger partial charge >= 0.3 is 5.97 Å². The summed E-state index contributed by atoms with van der Waals surface area (Å²) in [6.07, 6.45) is 1.35. The number of nitrogen functional groups attached to an aromatic ring is 1. The van der Waals surface area contributed by atoms with Crippen LogP contribution in [0.5, 0.6) is 11.6 Å². The Bertz CT molecular complexity index is 1000. The highest BCUT2D eigenvalue weighted by Gasteiger charge is 2.16. The number of anilines is 3. The molecule has 7 nitrogen and oxygen atoms in total. The average Bonchev–Trinajstić information content (AvgIpc) is 2.68. The van der Waals surface area contributed by atoms with Gasteiger partial charge in [-0.25, -0.2) is 9.78 Å². The zero-order valence-electron chi connectivity index (χ0n) is 16.0. The molecule has 144 valence electrons. The van der Waals surface area contributed by atoms with E-state index in [1.54, 1.807) is 31.2 Å². The molecule has 0 amide bonds. The number of nitrogens with one attached hydrogen (secondary N) is 1. The smallest absolute Gasteiger partial charge is 0.340 e. The Morgan fingerprint density at radius 2 is 1.89 bits per heavy atom. The van der Waals surface area contributed by atoms with E-state index in [1.165, 1.54) is 11.9 Å². The van der Waals surface area contributed by atoms with Crippen molar-refractivity contribution >= 4 is 23.2 Å². The Morgan fingerprint density at radius 3 is 2.64 bits per heavy atom. The van der Waals surface area contributed by atoms with Gasteiger partial charge in [-0.2, -0.15) is 4.98 Å². The van der Waals surface area contributed by atoms with Gasteiger partial charge in [0.1, 0.15) is 17.8 Å². The van der Waals surface area contributed by atoms with Crippen LogP contribution >= 0.6 is 0 Å². The largest absolute Gasteiger partial charge is 0.462 e. The molecule has 2 aromatic carbocycles. The molecule has 0 aliphatic heterocycles. The molecule has 0 aliphatic rings. The van der Waals surface area contributed by atoms with Crippen molar-refractivity contribution in [2.24, 2.45) is 0 Å². The molecular weight excluding hydrogens is 356 g/mol. The Hall–Kier alpha value is -3.61. The molecule has 7 heteroatoms. The van der Waals surface area contributed by atoms with Gasteiger partial charge < -0.3 is 20.5 Å². The zero-order chi connectivity index (χ0) is 20.1. The molecule has 0 radical (unpaired) electrons. The molecular formula is C21H22N4O3. The average molecular weight is 378 g/mol. The second-order valence-corrected chi connectivity index (χ2v) is 6.18. The first kappa shape index (κ1) is 19.2. The lowest BCUT2D eigenvalue weighted by atomic mass is 10.1. The van der Waals surface area contributed by atoms with E-state index in [0.717, 1.165) is 5.56 Å².